The zero-order valence-electron chi connectivity index (χ0n) is 79.2. The Labute approximate surface area is 788 Å². The molecule has 28 nitrogen and oxygen atoms in total. The molecule has 0 bridgehead atoms. The van der Waals surface area contributed by atoms with Gasteiger partial charge in [0.15, 0.2) is 5.78 Å². The van der Waals surface area contributed by atoms with E-state index in [-0.39, 0.29) is 207 Å². The van der Waals surface area contributed by atoms with Gasteiger partial charge in [0, 0.05) is 49.4 Å². The summed E-state index contributed by atoms with van der Waals surface area (Å²) in [5, 5.41) is 44.9. The molecule has 0 heterocycles. The molecular formula is C104H167N5O23. The van der Waals surface area contributed by atoms with E-state index in [1.54, 1.807) is 0 Å². The summed E-state index contributed by atoms with van der Waals surface area (Å²) in [5.74, 6) is -1.60. The van der Waals surface area contributed by atoms with Gasteiger partial charge in [-0.3, -0.25) is 38.4 Å². The molecule has 4 aromatic rings. The predicted molar refractivity (Wildman–Crippen MR) is 516 cm³/mol. The SMILES string of the molecule is C.C.C.C.CC(C)(C)OC(=O)C[C@@H]1C[C@@H](CC(=O)OCc2ccccc2)CC1O.CC(C)(C)OC(=O)C[C@@H]1C[C@@H](N)CC1O.CC(C)(C)OC(=O)C[C@H]1CC(O)[C@H](CC(=O)OCc2ccccc2)C1.CC(C)(C)OC(=O)C[C@H]1CC(O)[C@H](N)C1.CC(C)(C)OC(=O)N[C@H]1C=C[C@H](CC(=O)OCc2ccccc2)C1.CC(C)(C)OC(=O)N[C@H]1C=C[C@H](N)C1.CCC(=O)c1ccccc1. The minimum Gasteiger partial charge on any atom is -0.461 e. The standard InChI is InChI=1S/2C20H28O5.C19H25NO4.2C11H21NO3.C10H18N2O2.C9H10O.4CH4/c1-20(2,3)25-19(23)11-15-9-16(17(21)10-15)12-18(22)24-13-14-7-5-4-6-8-14;1-20(2,3)25-19(23)12-16-9-15(10-17(16)21)11-18(22)24-13-14-7-5-4-6-8-14;1-19(2,3)24-18(22)20-16-10-9-15(11-16)12-17(21)23-13-14-7-5-4-6-8-14;1-11(2,3)15-10(14)5-7-4-8(12)6-9(7)13;1-11(2,3)15-10(14)6-7-4-8(12)9(13)5-7;1-10(2,3)14-9(13)12-8-5-4-7(11)6-8;1-2-9(10)8-6-4-3-5-7-8;;;;/h2*4-8,15-17,21H,9-13H2,1-3H3;4-10,15-16H,11-13H2,1-3H3,(H,20,22);2*7-9,13H,4-6,12H2,1-3H3;4-5,7-8H,6,11H2,1-3H3,(H,12,13);3-7H,2H2,1H3;4*1H4/t2*15-,16+,17?;15-,16-;7-,8+,9?;7-,8-,9?;7-,8-;;;;;/m110010...../s1. The summed E-state index contributed by atoms with van der Waals surface area (Å²) in [4.78, 5) is 117. The van der Waals surface area contributed by atoms with E-state index in [2.05, 4.69) is 10.6 Å². The average Bonchev–Trinajstić information content (AvgIpc) is 1.72. The van der Waals surface area contributed by atoms with Crippen molar-refractivity contribution in [1.82, 2.24) is 10.6 Å². The number of ketones is 1. The molecule has 6 aliphatic rings. The van der Waals surface area contributed by atoms with Crippen LogP contribution in [0.1, 0.15) is 304 Å². The van der Waals surface area contributed by atoms with Crippen LogP contribution in [-0.2, 0) is 96.0 Å². The number of Topliss-reactive ketones (excluding diaryl/α,β-unsaturated/α-hetero) is 1. The highest BCUT2D eigenvalue weighted by molar-refractivity contribution is 5.95. The van der Waals surface area contributed by atoms with Crippen LogP contribution in [0.4, 0.5) is 9.59 Å². The second-order valence-corrected chi connectivity index (χ2v) is 40.0. The van der Waals surface area contributed by atoms with E-state index in [4.69, 9.17) is 59.8 Å². The lowest BCUT2D eigenvalue weighted by atomic mass is 9.99. The number of rotatable bonds is 24. The van der Waals surface area contributed by atoms with Crippen molar-refractivity contribution < 1.29 is 111 Å². The second-order valence-electron chi connectivity index (χ2n) is 40.0. The van der Waals surface area contributed by atoms with Crippen LogP contribution in [-0.4, -0.2) is 168 Å². The topological polar surface area (TPSA) is 437 Å². The van der Waals surface area contributed by atoms with Crippen molar-refractivity contribution in [2.75, 3.05) is 0 Å². The molecule has 132 heavy (non-hydrogen) atoms. The smallest absolute Gasteiger partial charge is 0.408 e. The van der Waals surface area contributed by atoms with Crippen molar-refractivity contribution >= 4 is 59.8 Å². The number of carbonyl (C=O) groups excluding carboxylic acids is 10. The number of amides is 2. The first kappa shape index (κ1) is 123. The Morgan fingerprint density at radius 1 is 0.326 bits per heavy atom. The number of benzene rings is 4. The third kappa shape index (κ3) is 55.9. The zero-order valence-corrected chi connectivity index (χ0v) is 79.2. The summed E-state index contributed by atoms with van der Waals surface area (Å²) in [6.45, 7) is 35.6. The van der Waals surface area contributed by atoms with Gasteiger partial charge in [0.05, 0.1) is 62.2 Å². The summed E-state index contributed by atoms with van der Waals surface area (Å²) < 4.78 is 47.2. The van der Waals surface area contributed by atoms with Gasteiger partial charge in [-0.25, -0.2) is 9.59 Å². The van der Waals surface area contributed by atoms with Gasteiger partial charge >= 0.3 is 54.0 Å². The van der Waals surface area contributed by atoms with Crippen LogP contribution in [0.2, 0.25) is 0 Å². The number of ether oxygens (including phenoxy) is 9. The molecule has 10 rings (SSSR count). The summed E-state index contributed by atoms with van der Waals surface area (Å²) in [6, 6.07) is 37.7. The Morgan fingerprint density at radius 2 is 0.621 bits per heavy atom. The monoisotopic (exact) mass is 1850 g/mol. The molecule has 28 heteroatoms. The summed E-state index contributed by atoms with van der Waals surface area (Å²) in [5.41, 5.74) is 17.8. The molecule has 0 aromatic heterocycles. The van der Waals surface area contributed by atoms with Gasteiger partial charge in [-0.2, -0.15) is 0 Å². The van der Waals surface area contributed by atoms with Gasteiger partial charge in [0.2, 0.25) is 0 Å². The molecule has 6 aliphatic carbocycles. The fourth-order valence-corrected chi connectivity index (χ4v) is 15.0. The van der Waals surface area contributed by atoms with Gasteiger partial charge in [-0.15, -0.1) is 0 Å². The van der Waals surface area contributed by atoms with Crippen molar-refractivity contribution in [3.8, 4) is 0 Å². The van der Waals surface area contributed by atoms with E-state index in [1.807, 2.05) is 277 Å². The van der Waals surface area contributed by atoms with Crippen LogP contribution in [0, 0.1) is 41.4 Å². The molecule has 12 N–H and O–H groups in total. The Bertz CT molecular complexity index is 4080. The van der Waals surface area contributed by atoms with Crippen LogP contribution in [0.15, 0.2) is 146 Å². The molecule has 2 amide bonds. The zero-order chi connectivity index (χ0) is 95.9. The summed E-state index contributed by atoms with van der Waals surface area (Å²) in [6.07, 6.45) is 13.6. The van der Waals surface area contributed by atoms with Crippen molar-refractivity contribution in [2.45, 2.75) is 385 Å². The van der Waals surface area contributed by atoms with Gasteiger partial charge in [0.1, 0.15) is 53.4 Å². The van der Waals surface area contributed by atoms with Crippen LogP contribution < -0.4 is 27.8 Å². The highest BCUT2D eigenvalue weighted by atomic mass is 16.6. The lowest BCUT2D eigenvalue weighted by molar-refractivity contribution is -0.157. The lowest BCUT2D eigenvalue weighted by Crippen LogP contribution is -2.38. The molecule has 4 aromatic carbocycles. The molecule has 16 atom stereocenters. The van der Waals surface area contributed by atoms with Crippen LogP contribution in [0.3, 0.4) is 0 Å². The number of allylic oxidation sites excluding steroid dienone is 1. The third-order valence-electron chi connectivity index (χ3n) is 20.5. The number of carbonyl (C=O) groups is 10. The van der Waals surface area contributed by atoms with E-state index in [1.165, 1.54) is 0 Å². The second kappa shape index (κ2) is 59.4. The van der Waals surface area contributed by atoms with Gasteiger partial charge in [0.25, 0.3) is 0 Å². The van der Waals surface area contributed by atoms with E-state index in [0.29, 0.717) is 77.0 Å². The van der Waals surface area contributed by atoms with Crippen molar-refractivity contribution in [3.05, 3.63) is 168 Å². The Hall–Kier alpha value is -9.42. The molecule has 0 radical (unpaired) electrons. The lowest BCUT2D eigenvalue weighted by Gasteiger charge is -2.21. The number of alkyl carbamates (subject to hydrolysis) is 2. The number of aliphatic hydroxyl groups excluding tert-OH is 4. The van der Waals surface area contributed by atoms with E-state index >= 15 is 0 Å². The van der Waals surface area contributed by atoms with Crippen LogP contribution in [0.25, 0.3) is 0 Å². The number of nitrogens with two attached hydrogens (primary N) is 3. The van der Waals surface area contributed by atoms with E-state index < -0.39 is 64.1 Å². The third-order valence-corrected chi connectivity index (χ3v) is 20.5. The first-order valence-corrected chi connectivity index (χ1v) is 44.9. The van der Waals surface area contributed by atoms with Crippen molar-refractivity contribution in [2.24, 2.45) is 58.6 Å². The Kier molecular flexibility index (Phi) is 55.1. The predicted octanol–water partition coefficient (Wildman–Crippen LogP) is 17.7. The molecule has 0 aliphatic heterocycles. The van der Waals surface area contributed by atoms with Gasteiger partial charge < -0.3 is 90.9 Å². The molecule has 0 spiro atoms. The maximum atomic E-state index is 12.0. The van der Waals surface area contributed by atoms with E-state index in [0.717, 1.165) is 28.7 Å². The summed E-state index contributed by atoms with van der Waals surface area (Å²) in [7, 11) is 0. The minimum absolute atomic E-state index is 0. The molecule has 4 fully saturated rings. The fraction of sp³-hybridized carbons (Fsp3) is 0.635. The molecule has 4 saturated carbocycles. The first-order valence-electron chi connectivity index (χ1n) is 44.9. The van der Waals surface area contributed by atoms with Crippen molar-refractivity contribution in [1.29, 1.82) is 0 Å². The minimum atomic E-state index is -0.572. The Morgan fingerprint density at radius 3 is 0.947 bits per heavy atom. The maximum absolute atomic E-state index is 12.0. The van der Waals surface area contributed by atoms with Gasteiger partial charge in [-0.1, -0.05) is 182 Å². The quantitative estimate of drug-likeness (QED) is 0.0136. The van der Waals surface area contributed by atoms with Crippen LogP contribution >= 0.6 is 0 Å². The number of nitrogens with one attached hydrogen (secondary N) is 2. The van der Waals surface area contributed by atoms with Gasteiger partial charge in [-0.05, 0) is 247 Å². The molecular weight excluding hydrogens is 1690 g/mol. The fourth-order valence-electron chi connectivity index (χ4n) is 15.0. The first-order chi connectivity index (χ1) is 59.5. The highest BCUT2D eigenvalue weighted by Crippen LogP contribution is 2.39. The average molecular weight is 1860 g/mol. The molecule has 746 valence electrons. The molecule has 0 saturated heterocycles. The number of esters is 7. The normalized spacial score (nSPS) is 23.1. The maximum Gasteiger partial charge on any atom is 0.408 e. The van der Waals surface area contributed by atoms with Crippen LogP contribution in [0.5, 0.6) is 0 Å². The number of hydrogen-bond acceptors (Lipinski definition) is 26. The van der Waals surface area contributed by atoms with E-state index in [9.17, 15) is 68.4 Å². The highest BCUT2D eigenvalue weighted by Gasteiger charge is 2.40. The number of hydrogen-bond donors (Lipinski definition) is 9. The molecule has 4 unspecified atom stereocenters. The number of aliphatic hydroxyl groups is 4. The summed E-state index contributed by atoms with van der Waals surface area (Å²) >= 11 is 0. The van der Waals surface area contributed by atoms with Crippen molar-refractivity contribution in [3.63, 3.8) is 0 Å². The largest absolute Gasteiger partial charge is 0.461 e. The Balaban J connectivity index is 0.00000154.